The molecule has 0 aliphatic carbocycles. The van der Waals surface area contributed by atoms with Crippen molar-refractivity contribution in [1.82, 2.24) is 15.2 Å². The van der Waals surface area contributed by atoms with E-state index in [0.29, 0.717) is 11.0 Å². The maximum atomic E-state index is 5.99. The number of halogens is 1. The average Bonchev–Trinajstić information content (AvgIpc) is 2.59. The number of anilines is 3. The van der Waals surface area contributed by atoms with Gasteiger partial charge in [0.15, 0.2) is 5.82 Å². The van der Waals surface area contributed by atoms with Gasteiger partial charge in [-0.25, -0.2) is 0 Å². The normalized spacial score (nSPS) is 10.5. The molecule has 1 heterocycles. The number of aryl methyl sites for hydroxylation is 1. The summed E-state index contributed by atoms with van der Waals surface area (Å²) in [6, 6.07) is 15.9. The minimum absolute atomic E-state index is 0.456. The van der Waals surface area contributed by atoms with Crippen LogP contribution in [0.2, 0.25) is 5.02 Å². The summed E-state index contributed by atoms with van der Waals surface area (Å²) in [6.07, 6.45) is 1.66. The van der Waals surface area contributed by atoms with Crippen molar-refractivity contribution in [3.05, 3.63) is 70.9 Å². The third-order valence-corrected chi connectivity index (χ3v) is 3.87. The van der Waals surface area contributed by atoms with Crippen molar-refractivity contribution in [2.45, 2.75) is 13.5 Å². The lowest BCUT2D eigenvalue weighted by Gasteiger charge is -2.18. The largest absolute Gasteiger partial charge is 0.354 e. The lowest BCUT2D eigenvalue weighted by molar-refractivity contribution is 0.866. The van der Waals surface area contributed by atoms with Gasteiger partial charge in [-0.05, 0) is 36.2 Å². The molecule has 0 aliphatic rings. The molecule has 24 heavy (non-hydrogen) atoms. The molecule has 0 fully saturated rings. The molecular formula is C18H18ClN5. The Bertz CT molecular complexity index is 823. The number of hydrogen-bond acceptors (Lipinski definition) is 5. The van der Waals surface area contributed by atoms with E-state index in [0.717, 1.165) is 23.6 Å². The van der Waals surface area contributed by atoms with Gasteiger partial charge in [0.2, 0.25) is 5.95 Å². The first-order chi connectivity index (χ1) is 11.6. The molecule has 5 nitrogen and oxygen atoms in total. The van der Waals surface area contributed by atoms with Crippen molar-refractivity contribution in [3.8, 4) is 0 Å². The molecule has 0 bridgehead atoms. The Hall–Kier alpha value is -2.66. The van der Waals surface area contributed by atoms with Crippen LogP contribution < -0.4 is 10.2 Å². The van der Waals surface area contributed by atoms with E-state index in [1.54, 1.807) is 6.20 Å². The summed E-state index contributed by atoms with van der Waals surface area (Å²) in [4.78, 5) is 6.57. The fourth-order valence-electron chi connectivity index (χ4n) is 2.36. The van der Waals surface area contributed by atoms with Crippen LogP contribution in [0.25, 0.3) is 0 Å². The number of rotatable bonds is 5. The molecule has 3 rings (SSSR count). The zero-order valence-electron chi connectivity index (χ0n) is 13.6. The minimum Gasteiger partial charge on any atom is -0.354 e. The van der Waals surface area contributed by atoms with Crippen molar-refractivity contribution in [3.63, 3.8) is 0 Å². The lowest BCUT2D eigenvalue weighted by Crippen LogP contribution is -2.18. The van der Waals surface area contributed by atoms with E-state index in [4.69, 9.17) is 11.6 Å². The minimum atomic E-state index is 0.456. The monoisotopic (exact) mass is 339 g/mol. The zero-order valence-corrected chi connectivity index (χ0v) is 14.3. The van der Waals surface area contributed by atoms with Crippen LogP contribution in [0.5, 0.6) is 0 Å². The van der Waals surface area contributed by atoms with Crippen molar-refractivity contribution in [1.29, 1.82) is 0 Å². The van der Waals surface area contributed by atoms with E-state index in [1.807, 2.05) is 55.3 Å². The Morgan fingerprint density at radius 2 is 1.92 bits per heavy atom. The fraction of sp³-hybridized carbons (Fsp3) is 0.167. The zero-order chi connectivity index (χ0) is 16.9. The molecule has 6 heteroatoms. The van der Waals surface area contributed by atoms with Gasteiger partial charge in [0.05, 0.1) is 6.20 Å². The fourth-order valence-corrected chi connectivity index (χ4v) is 2.58. The van der Waals surface area contributed by atoms with Crippen LogP contribution in [-0.2, 0) is 6.54 Å². The SMILES string of the molecule is Cc1cc(Cl)ccc1Nc1nncc(N(C)Cc2ccccc2)n1. The Balaban J connectivity index is 1.76. The third kappa shape index (κ3) is 4.00. The van der Waals surface area contributed by atoms with Gasteiger partial charge in [-0.2, -0.15) is 10.1 Å². The van der Waals surface area contributed by atoms with Gasteiger partial charge in [-0.1, -0.05) is 41.9 Å². The van der Waals surface area contributed by atoms with Gasteiger partial charge < -0.3 is 10.2 Å². The van der Waals surface area contributed by atoms with Crippen LogP contribution in [0.3, 0.4) is 0 Å². The molecule has 0 atom stereocenters. The van der Waals surface area contributed by atoms with E-state index in [-0.39, 0.29) is 0 Å². The number of aromatic nitrogens is 3. The van der Waals surface area contributed by atoms with E-state index < -0.39 is 0 Å². The maximum absolute atomic E-state index is 5.99. The standard InChI is InChI=1S/C18H18ClN5/c1-13-10-15(19)8-9-16(13)21-18-22-17(11-20-23-18)24(2)12-14-6-4-3-5-7-14/h3-11H,12H2,1-2H3,(H,21,22,23). The molecule has 0 amide bonds. The van der Waals surface area contributed by atoms with Crippen LogP contribution >= 0.6 is 11.6 Å². The van der Waals surface area contributed by atoms with Gasteiger partial charge in [0.25, 0.3) is 0 Å². The molecule has 1 N–H and O–H groups in total. The van der Waals surface area contributed by atoms with Crippen LogP contribution in [0.4, 0.5) is 17.5 Å². The lowest BCUT2D eigenvalue weighted by atomic mass is 10.2. The highest BCUT2D eigenvalue weighted by Crippen LogP contribution is 2.22. The van der Waals surface area contributed by atoms with E-state index >= 15 is 0 Å². The second-order valence-electron chi connectivity index (χ2n) is 5.56. The number of benzene rings is 2. The number of hydrogen-bond donors (Lipinski definition) is 1. The summed E-state index contributed by atoms with van der Waals surface area (Å²) < 4.78 is 0. The summed E-state index contributed by atoms with van der Waals surface area (Å²) in [7, 11) is 1.98. The van der Waals surface area contributed by atoms with Crippen molar-refractivity contribution in [2.24, 2.45) is 0 Å². The van der Waals surface area contributed by atoms with Gasteiger partial charge in [0.1, 0.15) is 0 Å². The number of nitrogens with zero attached hydrogens (tertiary/aromatic N) is 4. The second kappa shape index (κ2) is 7.27. The Morgan fingerprint density at radius 3 is 2.67 bits per heavy atom. The van der Waals surface area contributed by atoms with Crippen molar-refractivity contribution in [2.75, 3.05) is 17.3 Å². The molecule has 1 aromatic heterocycles. The average molecular weight is 340 g/mol. The first-order valence-electron chi connectivity index (χ1n) is 7.60. The van der Waals surface area contributed by atoms with Crippen LogP contribution in [0, 0.1) is 6.92 Å². The van der Waals surface area contributed by atoms with Crippen molar-refractivity contribution >= 4 is 29.1 Å². The summed E-state index contributed by atoms with van der Waals surface area (Å²) in [5, 5.41) is 12.0. The predicted molar refractivity (Wildman–Crippen MR) is 97.8 cm³/mol. The highest BCUT2D eigenvalue weighted by atomic mass is 35.5. The Labute approximate surface area is 146 Å². The summed E-state index contributed by atoms with van der Waals surface area (Å²) >= 11 is 5.99. The highest BCUT2D eigenvalue weighted by Gasteiger charge is 2.08. The van der Waals surface area contributed by atoms with Crippen LogP contribution in [0.15, 0.2) is 54.7 Å². The summed E-state index contributed by atoms with van der Waals surface area (Å²) in [6.45, 7) is 2.73. The first-order valence-corrected chi connectivity index (χ1v) is 7.97. The molecule has 0 aliphatic heterocycles. The third-order valence-electron chi connectivity index (χ3n) is 3.63. The molecule has 0 spiro atoms. The van der Waals surface area contributed by atoms with Crippen LogP contribution in [0.1, 0.15) is 11.1 Å². The smallest absolute Gasteiger partial charge is 0.249 e. The van der Waals surface area contributed by atoms with Crippen molar-refractivity contribution < 1.29 is 0 Å². The van der Waals surface area contributed by atoms with Crippen LogP contribution in [-0.4, -0.2) is 22.2 Å². The molecule has 3 aromatic rings. The maximum Gasteiger partial charge on any atom is 0.249 e. The molecule has 0 saturated carbocycles. The topological polar surface area (TPSA) is 53.9 Å². The van der Waals surface area contributed by atoms with E-state index in [2.05, 4.69) is 32.6 Å². The second-order valence-corrected chi connectivity index (χ2v) is 6.00. The molecular weight excluding hydrogens is 322 g/mol. The van der Waals surface area contributed by atoms with E-state index in [1.165, 1.54) is 5.56 Å². The molecule has 2 aromatic carbocycles. The van der Waals surface area contributed by atoms with Gasteiger partial charge in [-0.3, -0.25) is 0 Å². The quantitative estimate of drug-likeness (QED) is 0.754. The molecule has 122 valence electrons. The van der Waals surface area contributed by atoms with Gasteiger partial charge in [0, 0.05) is 24.3 Å². The van der Waals surface area contributed by atoms with Gasteiger partial charge >= 0.3 is 0 Å². The predicted octanol–water partition coefficient (Wildman–Crippen LogP) is 4.21. The highest BCUT2D eigenvalue weighted by molar-refractivity contribution is 6.30. The Morgan fingerprint density at radius 1 is 1.12 bits per heavy atom. The molecule has 0 unspecified atom stereocenters. The van der Waals surface area contributed by atoms with E-state index in [9.17, 15) is 0 Å². The first kappa shape index (κ1) is 16.2. The molecule has 0 saturated heterocycles. The summed E-state index contributed by atoms with van der Waals surface area (Å²) in [5.74, 6) is 1.21. The molecule has 0 radical (unpaired) electrons. The summed E-state index contributed by atoms with van der Waals surface area (Å²) in [5.41, 5.74) is 3.14. The number of nitrogens with one attached hydrogen (secondary N) is 1. The Kier molecular flexibility index (Phi) is 4.91. The van der Waals surface area contributed by atoms with Gasteiger partial charge in [-0.15, -0.1) is 5.10 Å².